The van der Waals surface area contributed by atoms with Gasteiger partial charge in [-0.3, -0.25) is 10.1 Å². The zero-order valence-electron chi connectivity index (χ0n) is 19.3. The average Bonchev–Trinajstić information content (AvgIpc) is 3.40. The molecule has 0 unspecified atom stereocenters. The number of aromatic amines is 1. The third kappa shape index (κ3) is 6.25. The number of benzene rings is 2. The Balaban J connectivity index is 1.28. The molecule has 0 atom stereocenters. The van der Waals surface area contributed by atoms with Crippen LogP contribution in [0.4, 0.5) is 0 Å². The Hall–Kier alpha value is -3.55. The normalized spacial score (nSPS) is 14.8. The van der Waals surface area contributed by atoms with E-state index in [-0.39, 0.29) is 0 Å². The summed E-state index contributed by atoms with van der Waals surface area (Å²) >= 11 is 0. The summed E-state index contributed by atoms with van der Waals surface area (Å²) in [7, 11) is 1.65. The first-order valence-corrected chi connectivity index (χ1v) is 11.5. The molecule has 33 heavy (non-hydrogen) atoms. The van der Waals surface area contributed by atoms with Crippen LogP contribution in [0.2, 0.25) is 0 Å². The number of hydrogen-bond donors (Lipinski definition) is 2. The quantitative estimate of drug-likeness (QED) is 0.400. The summed E-state index contributed by atoms with van der Waals surface area (Å²) in [6, 6.07) is 15.8. The minimum Gasteiger partial charge on any atom is -0.497 e. The highest BCUT2D eigenvalue weighted by Crippen LogP contribution is 2.25. The number of rotatable bonds is 8. The van der Waals surface area contributed by atoms with E-state index in [1.807, 2.05) is 36.4 Å². The van der Waals surface area contributed by atoms with Crippen molar-refractivity contribution in [2.45, 2.75) is 32.1 Å². The van der Waals surface area contributed by atoms with Gasteiger partial charge in [-0.25, -0.2) is 4.98 Å². The fourth-order valence-corrected chi connectivity index (χ4v) is 4.00. The Kier molecular flexibility index (Phi) is 7.79. The van der Waals surface area contributed by atoms with Gasteiger partial charge in [-0.05, 0) is 68.1 Å². The van der Waals surface area contributed by atoms with E-state index < -0.39 is 0 Å². The summed E-state index contributed by atoms with van der Waals surface area (Å²) in [5, 5.41) is 10.4. The van der Waals surface area contributed by atoms with Gasteiger partial charge < -0.3 is 19.7 Å². The summed E-state index contributed by atoms with van der Waals surface area (Å²) in [5.74, 6) is 4.86. The maximum Gasteiger partial charge on any atom is 0.193 e. The van der Waals surface area contributed by atoms with Crippen molar-refractivity contribution in [3.63, 3.8) is 0 Å². The van der Waals surface area contributed by atoms with E-state index in [1.54, 1.807) is 13.4 Å². The molecule has 1 aromatic heterocycles. The number of likely N-dealkylation sites (tertiary alicyclic amines) is 1. The van der Waals surface area contributed by atoms with Crippen molar-refractivity contribution in [1.29, 1.82) is 0 Å². The van der Waals surface area contributed by atoms with E-state index in [4.69, 9.17) is 14.5 Å². The lowest BCUT2D eigenvalue weighted by molar-refractivity contribution is 0.299. The van der Waals surface area contributed by atoms with Gasteiger partial charge in [0.1, 0.15) is 29.4 Å². The molecule has 0 radical (unpaired) electrons. The van der Waals surface area contributed by atoms with Crippen LogP contribution in [0.15, 0.2) is 59.9 Å². The van der Waals surface area contributed by atoms with Crippen LogP contribution in [0.25, 0.3) is 0 Å². The van der Waals surface area contributed by atoms with Crippen molar-refractivity contribution >= 4 is 5.96 Å². The third-order valence-corrected chi connectivity index (χ3v) is 5.83. The number of guanidine groups is 1. The summed E-state index contributed by atoms with van der Waals surface area (Å²) in [6.07, 6.45) is 4.57. The molecule has 0 bridgehead atoms. The largest absolute Gasteiger partial charge is 0.497 e. The van der Waals surface area contributed by atoms with Crippen LogP contribution in [0.1, 0.15) is 37.1 Å². The molecule has 0 aliphatic carbocycles. The molecular weight excluding hydrogens is 416 g/mol. The SMILES string of the molecule is CCNC(=NCCc1ccc(Oc2ccc(OC)cc2)cc1)N1CCC(c2ncn[nH]2)CC1. The van der Waals surface area contributed by atoms with Crippen LogP contribution >= 0.6 is 0 Å². The smallest absolute Gasteiger partial charge is 0.193 e. The minimum absolute atomic E-state index is 0.449. The van der Waals surface area contributed by atoms with Crippen LogP contribution in [-0.4, -0.2) is 59.3 Å². The fourth-order valence-electron chi connectivity index (χ4n) is 4.00. The molecule has 1 aliphatic rings. The predicted molar refractivity (Wildman–Crippen MR) is 129 cm³/mol. The lowest BCUT2D eigenvalue weighted by Gasteiger charge is -2.33. The zero-order chi connectivity index (χ0) is 22.9. The number of ether oxygens (including phenoxy) is 2. The Morgan fingerprint density at radius 2 is 1.73 bits per heavy atom. The number of aromatic nitrogens is 3. The molecule has 1 aliphatic heterocycles. The number of aliphatic imine (C=N–C) groups is 1. The number of nitrogens with one attached hydrogen (secondary N) is 2. The highest BCUT2D eigenvalue weighted by Gasteiger charge is 2.24. The van der Waals surface area contributed by atoms with E-state index in [9.17, 15) is 0 Å². The van der Waals surface area contributed by atoms with Crippen LogP contribution in [0.5, 0.6) is 17.2 Å². The molecule has 4 rings (SSSR count). The number of methoxy groups -OCH3 is 1. The Labute approximate surface area is 195 Å². The molecular formula is C25H32N6O2. The van der Waals surface area contributed by atoms with Crippen molar-refractivity contribution in [3.05, 3.63) is 66.2 Å². The molecule has 2 heterocycles. The molecule has 174 valence electrons. The van der Waals surface area contributed by atoms with Gasteiger partial charge in [0.25, 0.3) is 0 Å². The van der Waals surface area contributed by atoms with Crippen molar-refractivity contribution in [3.8, 4) is 17.2 Å². The molecule has 2 N–H and O–H groups in total. The van der Waals surface area contributed by atoms with E-state index >= 15 is 0 Å². The van der Waals surface area contributed by atoms with E-state index in [0.717, 1.165) is 74.5 Å². The molecule has 0 saturated carbocycles. The molecule has 1 saturated heterocycles. The van der Waals surface area contributed by atoms with Gasteiger partial charge >= 0.3 is 0 Å². The number of hydrogen-bond acceptors (Lipinski definition) is 5. The summed E-state index contributed by atoms with van der Waals surface area (Å²) in [6.45, 7) is 5.64. The summed E-state index contributed by atoms with van der Waals surface area (Å²) in [4.78, 5) is 11.5. The van der Waals surface area contributed by atoms with Gasteiger partial charge in [0.2, 0.25) is 0 Å². The van der Waals surface area contributed by atoms with Gasteiger partial charge in [0, 0.05) is 32.1 Å². The first kappa shape index (κ1) is 22.6. The van der Waals surface area contributed by atoms with Crippen LogP contribution < -0.4 is 14.8 Å². The molecule has 1 fully saturated rings. The second-order valence-corrected chi connectivity index (χ2v) is 8.04. The monoisotopic (exact) mass is 448 g/mol. The van der Waals surface area contributed by atoms with Gasteiger partial charge in [0.15, 0.2) is 5.96 Å². The highest BCUT2D eigenvalue weighted by atomic mass is 16.5. The molecule has 0 spiro atoms. The Morgan fingerprint density at radius 3 is 2.33 bits per heavy atom. The van der Waals surface area contributed by atoms with E-state index in [2.05, 4.69) is 44.5 Å². The first-order chi connectivity index (χ1) is 16.2. The highest BCUT2D eigenvalue weighted by molar-refractivity contribution is 5.80. The maximum absolute atomic E-state index is 5.91. The first-order valence-electron chi connectivity index (χ1n) is 11.5. The lowest BCUT2D eigenvalue weighted by Crippen LogP contribution is -2.45. The van der Waals surface area contributed by atoms with Crippen molar-refractivity contribution < 1.29 is 9.47 Å². The third-order valence-electron chi connectivity index (χ3n) is 5.83. The molecule has 0 amide bonds. The summed E-state index contributed by atoms with van der Waals surface area (Å²) < 4.78 is 11.1. The predicted octanol–water partition coefficient (Wildman–Crippen LogP) is 3.99. The number of piperidine rings is 1. The van der Waals surface area contributed by atoms with Crippen LogP contribution in [-0.2, 0) is 6.42 Å². The standard InChI is InChI=1S/C25H32N6O2/c1-3-26-25(31-16-13-20(14-17-31)24-28-18-29-30-24)27-15-12-19-4-6-22(7-5-19)33-23-10-8-21(32-2)9-11-23/h4-11,18,20H,3,12-17H2,1-2H3,(H,26,27)(H,28,29,30). The zero-order valence-corrected chi connectivity index (χ0v) is 19.3. The number of nitrogens with zero attached hydrogens (tertiary/aromatic N) is 4. The molecule has 8 heteroatoms. The lowest BCUT2D eigenvalue weighted by atomic mass is 9.96. The second-order valence-electron chi connectivity index (χ2n) is 8.04. The Bertz CT molecular complexity index is 994. The molecule has 2 aromatic carbocycles. The van der Waals surface area contributed by atoms with Crippen LogP contribution in [0, 0.1) is 0 Å². The van der Waals surface area contributed by atoms with Gasteiger partial charge in [-0.1, -0.05) is 12.1 Å². The van der Waals surface area contributed by atoms with Crippen molar-refractivity contribution in [2.75, 3.05) is 33.3 Å². The van der Waals surface area contributed by atoms with E-state index in [0.29, 0.717) is 5.92 Å². The fraction of sp³-hybridized carbons (Fsp3) is 0.400. The van der Waals surface area contributed by atoms with Gasteiger partial charge in [-0.2, -0.15) is 5.10 Å². The van der Waals surface area contributed by atoms with Gasteiger partial charge in [-0.15, -0.1) is 0 Å². The van der Waals surface area contributed by atoms with Crippen LogP contribution in [0.3, 0.4) is 0 Å². The average molecular weight is 449 g/mol. The van der Waals surface area contributed by atoms with Crippen molar-refractivity contribution in [1.82, 2.24) is 25.4 Å². The molecule has 3 aromatic rings. The Morgan fingerprint density at radius 1 is 1.06 bits per heavy atom. The van der Waals surface area contributed by atoms with E-state index in [1.165, 1.54) is 5.56 Å². The minimum atomic E-state index is 0.449. The summed E-state index contributed by atoms with van der Waals surface area (Å²) in [5.41, 5.74) is 1.24. The molecule has 8 nitrogen and oxygen atoms in total. The van der Waals surface area contributed by atoms with Gasteiger partial charge in [0.05, 0.1) is 7.11 Å². The van der Waals surface area contributed by atoms with Crippen molar-refractivity contribution in [2.24, 2.45) is 4.99 Å². The topological polar surface area (TPSA) is 87.7 Å². The second kappa shape index (κ2) is 11.4. The number of H-pyrrole nitrogens is 1. The maximum atomic E-state index is 5.91.